The molecule has 0 unspecified atom stereocenters. The van der Waals surface area contributed by atoms with Crippen LogP contribution in [0.25, 0.3) is 0 Å². The van der Waals surface area contributed by atoms with E-state index in [-0.39, 0.29) is 43.5 Å². The van der Waals surface area contributed by atoms with Gasteiger partial charge in [-0.3, -0.25) is 38.6 Å². The van der Waals surface area contributed by atoms with Crippen LogP contribution in [0.5, 0.6) is 0 Å². The van der Waals surface area contributed by atoms with Gasteiger partial charge in [0, 0.05) is 6.54 Å². The molecule has 20 heteroatoms. The number of carboxylic acids is 1. The number of carbonyl (C=O) groups is 7. The van der Waals surface area contributed by atoms with Gasteiger partial charge >= 0.3 is 5.97 Å². The molecule has 11 N–H and O–H groups in total. The average molecular weight is 623 g/mol. The van der Waals surface area contributed by atoms with Gasteiger partial charge < -0.3 is 48.5 Å². The second kappa shape index (κ2) is 17.0. The first-order chi connectivity index (χ1) is 20.7. The molecule has 2 heterocycles. The first-order valence-electron chi connectivity index (χ1n) is 13.6. The maximum atomic E-state index is 13.2. The van der Waals surface area contributed by atoms with Crippen LogP contribution in [0.2, 0.25) is 0 Å². The Morgan fingerprint density at radius 3 is 2.25 bits per heavy atom. The fraction of sp³-hybridized carbons (Fsp3) is 0.583. The SMILES string of the molecule is CC(C)C[C@@H]1NC(=O)CNC(=O)Cn2cc(nn2)NC(=O)[C@H](CC(=O)O)NC(=O)CNC(=O)[C@H](CCCN=C(N)N)NC1=O. The number of nitrogens with zero attached hydrogens (tertiary/aromatic N) is 4. The van der Waals surface area contributed by atoms with Gasteiger partial charge in [0.15, 0.2) is 11.8 Å². The standard InChI is InChI=1S/C24H38N12O8/c1-12(2)6-14-22(43)32-13(4-3-5-27-24(25)26)21(42)29-9-18(38)31-15(7-20(40)41)23(44)33-16-10-36(35-34-16)11-19(39)28-8-17(37)30-14/h10,12-15H,3-9,11H2,1-2H3,(H,28,39)(H,29,42)(H,30,37)(H,31,38)(H,32,43)(H,33,44)(H,40,41)(H4,25,26,27)/t13-,14-,15-/m0/s1. The fourth-order valence-corrected chi connectivity index (χ4v) is 3.94. The summed E-state index contributed by atoms with van der Waals surface area (Å²) < 4.78 is 1.05. The predicted molar refractivity (Wildman–Crippen MR) is 152 cm³/mol. The number of fused-ring (bicyclic) bond motifs is 2. The molecule has 6 amide bonds. The van der Waals surface area contributed by atoms with E-state index < -0.39 is 85.6 Å². The molecule has 20 nitrogen and oxygen atoms in total. The summed E-state index contributed by atoms with van der Waals surface area (Å²) in [5.74, 6) is -6.40. The van der Waals surface area contributed by atoms with Crippen LogP contribution in [0.1, 0.15) is 39.5 Å². The van der Waals surface area contributed by atoms with Crippen molar-refractivity contribution in [1.29, 1.82) is 0 Å². The molecule has 0 aromatic carbocycles. The molecule has 0 saturated heterocycles. The Morgan fingerprint density at radius 1 is 0.955 bits per heavy atom. The zero-order chi connectivity index (χ0) is 32.8. The quantitative estimate of drug-likeness (QED) is 0.0752. The summed E-state index contributed by atoms with van der Waals surface area (Å²) in [5, 5.41) is 31.0. The lowest BCUT2D eigenvalue weighted by Crippen LogP contribution is -2.56. The molecule has 1 aliphatic rings. The maximum Gasteiger partial charge on any atom is 0.305 e. The van der Waals surface area contributed by atoms with E-state index in [0.29, 0.717) is 0 Å². The number of aliphatic imine (C=N–C) groups is 1. The number of hydrogen-bond acceptors (Lipinski definition) is 10. The summed E-state index contributed by atoms with van der Waals surface area (Å²) >= 11 is 0. The van der Waals surface area contributed by atoms with Crippen LogP contribution in [0, 0.1) is 5.92 Å². The number of nitrogens with one attached hydrogen (secondary N) is 6. The highest BCUT2D eigenvalue weighted by molar-refractivity contribution is 5.99. The third-order valence-electron chi connectivity index (χ3n) is 5.93. The number of carboxylic acid groups (broad SMARTS) is 1. The van der Waals surface area contributed by atoms with Gasteiger partial charge in [0.05, 0.1) is 25.7 Å². The summed E-state index contributed by atoms with van der Waals surface area (Å²) in [4.78, 5) is 91.8. The highest BCUT2D eigenvalue weighted by atomic mass is 16.4. The number of amides is 6. The first kappa shape index (κ1) is 34.9. The lowest BCUT2D eigenvalue weighted by Gasteiger charge is -2.24. The third-order valence-corrected chi connectivity index (χ3v) is 5.93. The molecule has 0 saturated carbocycles. The minimum Gasteiger partial charge on any atom is -0.481 e. The Morgan fingerprint density at radius 2 is 1.61 bits per heavy atom. The van der Waals surface area contributed by atoms with Crippen LogP contribution >= 0.6 is 0 Å². The minimum absolute atomic E-state index is 0.0403. The van der Waals surface area contributed by atoms with Crippen molar-refractivity contribution in [3.8, 4) is 0 Å². The molecule has 2 rings (SSSR count). The van der Waals surface area contributed by atoms with E-state index in [2.05, 4.69) is 47.2 Å². The van der Waals surface area contributed by atoms with Gasteiger partial charge in [0.25, 0.3) is 0 Å². The van der Waals surface area contributed by atoms with E-state index in [1.807, 2.05) is 13.8 Å². The molecule has 242 valence electrons. The molecule has 0 fully saturated rings. The van der Waals surface area contributed by atoms with Crippen LogP contribution in [0.4, 0.5) is 5.82 Å². The monoisotopic (exact) mass is 622 g/mol. The van der Waals surface area contributed by atoms with Crippen molar-refractivity contribution in [1.82, 2.24) is 41.6 Å². The van der Waals surface area contributed by atoms with Gasteiger partial charge in [0.2, 0.25) is 35.4 Å². The van der Waals surface area contributed by atoms with Gasteiger partial charge in [-0.1, -0.05) is 19.1 Å². The van der Waals surface area contributed by atoms with E-state index >= 15 is 0 Å². The Hall–Kier alpha value is -5.30. The number of hydrogen-bond donors (Lipinski definition) is 9. The fourth-order valence-electron chi connectivity index (χ4n) is 3.94. The number of aliphatic carboxylic acids is 1. The Labute approximate surface area is 251 Å². The largest absolute Gasteiger partial charge is 0.481 e. The second-order valence-corrected chi connectivity index (χ2v) is 10.3. The molecular formula is C24H38N12O8. The van der Waals surface area contributed by atoms with Crippen molar-refractivity contribution in [3.63, 3.8) is 0 Å². The van der Waals surface area contributed by atoms with Crippen molar-refractivity contribution < 1.29 is 38.7 Å². The molecule has 1 aromatic heterocycles. The number of nitrogens with two attached hydrogens (primary N) is 2. The van der Waals surface area contributed by atoms with E-state index in [0.717, 1.165) is 4.68 Å². The summed E-state index contributed by atoms with van der Waals surface area (Å²) in [6.45, 7) is 2.24. The number of carbonyl (C=O) groups excluding carboxylic acids is 6. The second-order valence-electron chi connectivity index (χ2n) is 10.3. The van der Waals surface area contributed by atoms with Crippen LogP contribution in [0.15, 0.2) is 11.2 Å². The molecule has 3 atom stereocenters. The van der Waals surface area contributed by atoms with E-state index in [4.69, 9.17) is 11.5 Å². The van der Waals surface area contributed by atoms with Gasteiger partial charge in [-0.2, -0.15) is 0 Å². The normalized spacial score (nSPS) is 21.0. The van der Waals surface area contributed by atoms with Crippen LogP contribution in [-0.2, 0) is 40.1 Å². The first-order valence-corrected chi connectivity index (χ1v) is 13.6. The molecular weight excluding hydrogens is 584 g/mol. The summed E-state index contributed by atoms with van der Waals surface area (Å²) in [7, 11) is 0. The van der Waals surface area contributed by atoms with Crippen molar-refractivity contribution in [2.75, 3.05) is 25.0 Å². The average Bonchev–Trinajstić information content (AvgIpc) is 3.36. The van der Waals surface area contributed by atoms with E-state index in [9.17, 15) is 38.7 Å². The smallest absolute Gasteiger partial charge is 0.305 e. The minimum atomic E-state index is -1.57. The lowest BCUT2D eigenvalue weighted by molar-refractivity contribution is -0.140. The predicted octanol–water partition coefficient (Wildman–Crippen LogP) is -4.51. The van der Waals surface area contributed by atoms with Crippen molar-refractivity contribution >= 4 is 53.2 Å². The molecule has 0 aliphatic carbocycles. The Kier molecular flexibility index (Phi) is 13.5. The highest BCUT2D eigenvalue weighted by Crippen LogP contribution is 2.08. The zero-order valence-corrected chi connectivity index (χ0v) is 24.3. The van der Waals surface area contributed by atoms with Crippen LogP contribution in [-0.4, -0.2) is 105 Å². The maximum absolute atomic E-state index is 13.2. The van der Waals surface area contributed by atoms with Crippen LogP contribution in [0.3, 0.4) is 0 Å². The van der Waals surface area contributed by atoms with Gasteiger partial charge in [-0.05, 0) is 25.2 Å². The number of anilines is 1. The molecule has 0 spiro atoms. The van der Waals surface area contributed by atoms with Crippen LogP contribution < -0.4 is 43.4 Å². The van der Waals surface area contributed by atoms with Crippen molar-refractivity contribution in [3.05, 3.63) is 6.20 Å². The van der Waals surface area contributed by atoms with Gasteiger partial charge in [0.1, 0.15) is 24.7 Å². The van der Waals surface area contributed by atoms with Gasteiger partial charge in [-0.25, -0.2) is 4.68 Å². The third kappa shape index (κ3) is 12.7. The molecule has 1 aliphatic heterocycles. The van der Waals surface area contributed by atoms with Gasteiger partial charge in [-0.15, -0.1) is 5.10 Å². The highest BCUT2D eigenvalue weighted by Gasteiger charge is 2.29. The zero-order valence-electron chi connectivity index (χ0n) is 24.3. The molecule has 1 aromatic rings. The van der Waals surface area contributed by atoms with Crippen molar-refractivity contribution in [2.45, 2.75) is 64.2 Å². The summed E-state index contributed by atoms with van der Waals surface area (Å²) in [6.07, 6.45) is 0.864. The summed E-state index contributed by atoms with van der Waals surface area (Å²) in [6, 6.07) is -3.83. The topological polar surface area (TPSA) is 307 Å². The Bertz CT molecular complexity index is 1260. The van der Waals surface area contributed by atoms with Crippen molar-refractivity contribution in [2.24, 2.45) is 22.4 Å². The molecule has 2 bridgehead atoms. The molecule has 44 heavy (non-hydrogen) atoms. The number of rotatable bonds is 8. The van der Waals surface area contributed by atoms with E-state index in [1.165, 1.54) is 6.20 Å². The summed E-state index contributed by atoms with van der Waals surface area (Å²) in [5.41, 5.74) is 10.7. The number of aromatic nitrogens is 3. The van der Waals surface area contributed by atoms with E-state index in [1.54, 1.807) is 0 Å². The Balaban J connectivity index is 2.33. The molecule has 0 radical (unpaired) electrons. The lowest BCUT2D eigenvalue weighted by atomic mass is 10.0. The number of guanidine groups is 1.